The average molecular weight is 443 g/mol. The Kier molecular flexibility index (Phi) is 6.91. The molecule has 8 heteroatoms. The van der Waals surface area contributed by atoms with Crippen LogP contribution in [0.3, 0.4) is 0 Å². The van der Waals surface area contributed by atoms with Crippen molar-refractivity contribution >= 4 is 21.6 Å². The van der Waals surface area contributed by atoms with Crippen LogP contribution in [0.5, 0.6) is 5.75 Å². The van der Waals surface area contributed by atoms with Crippen LogP contribution in [-0.4, -0.2) is 32.9 Å². The van der Waals surface area contributed by atoms with E-state index in [0.29, 0.717) is 18.9 Å². The lowest BCUT2D eigenvalue weighted by molar-refractivity contribution is 0.0783. The van der Waals surface area contributed by atoms with E-state index in [0.717, 1.165) is 17.7 Å². The lowest BCUT2D eigenvalue weighted by Gasteiger charge is -2.19. The van der Waals surface area contributed by atoms with Gasteiger partial charge in [0.15, 0.2) is 0 Å². The van der Waals surface area contributed by atoms with Crippen LogP contribution in [0.1, 0.15) is 22.8 Å². The molecule has 0 unspecified atom stereocenters. The summed E-state index contributed by atoms with van der Waals surface area (Å²) in [5.74, 6) is -0.0981. The number of nitrogens with zero attached hydrogens (tertiary/aromatic N) is 1. The monoisotopic (exact) mass is 442 g/mol. The summed E-state index contributed by atoms with van der Waals surface area (Å²) in [4.78, 5) is 14.4. The Hall–Kier alpha value is -3.39. The van der Waals surface area contributed by atoms with Gasteiger partial charge in [-0.05, 0) is 55.5 Å². The lowest BCUT2D eigenvalue weighted by atomic mass is 10.1. The van der Waals surface area contributed by atoms with Gasteiger partial charge in [-0.1, -0.05) is 24.3 Å². The molecule has 0 saturated carbocycles. The number of ether oxygens (including phenoxy) is 1. The first-order valence-corrected chi connectivity index (χ1v) is 11.1. The summed E-state index contributed by atoms with van der Waals surface area (Å²) in [5.41, 5.74) is 1.31. The maximum Gasteiger partial charge on any atom is 0.261 e. The van der Waals surface area contributed by atoms with E-state index in [1.165, 1.54) is 35.2 Å². The number of hydrogen-bond donors (Lipinski definition) is 1. The number of benzene rings is 3. The molecule has 3 rings (SSSR count). The highest BCUT2D eigenvalue weighted by Crippen LogP contribution is 2.22. The largest absolute Gasteiger partial charge is 0.494 e. The molecule has 0 saturated heterocycles. The van der Waals surface area contributed by atoms with Gasteiger partial charge in [-0.3, -0.25) is 9.52 Å². The number of carbonyl (C=O) groups is 1. The molecular formula is C23H23FN2O4S. The second-order valence-electron chi connectivity index (χ2n) is 6.84. The molecule has 0 aliphatic carbocycles. The molecule has 0 fully saturated rings. The van der Waals surface area contributed by atoms with Crippen molar-refractivity contribution < 1.29 is 22.3 Å². The smallest absolute Gasteiger partial charge is 0.261 e. The molecule has 0 atom stereocenters. The molecule has 0 aliphatic rings. The molecule has 0 heterocycles. The van der Waals surface area contributed by atoms with Crippen molar-refractivity contribution in [2.75, 3.05) is 18.4 Å². The Morgan fingerprint density at radius 2 is 1.74 bits per heavy atom. The van der Waals surface area contributed by atoms with Crippen LogP contribution in [-0.2, 0) is 16.6 Å². The SMILES string of the molecule is CCOc1ccccc1CN(C)C(=O)c1cccc(S(=O)(=O)Nc2ccc(F)cc2)c1. The van der Waals surface area contributed by atoms with Crippen LogP contribution >= 0.6 is 0 Å². The second kappa shape index (κ2) is 9.61. The summed E-state index contributed by atoms with van der Waals surface area (Å²) >= 11 is 0. The van der Waals surface area contributed by atoms with Gasteiger partial charge in [0.05, 0.1) is 11.5 Å². The van der Waals surface area contributed by atoms with Gasteiger partial charge >= 0.3 is 0 Å². The molecular weight excluding hydrogens is 419 g/mol. The highest BCUT2D eigenvalue weighted by atomic mass is 32.2. The highest BCUT2D eigenvalue weighted by Gasteiger charge is 2.19. The van der Waals surface area contributed by atoms with Gasteiger partial charge in [-0.25, -0.2) is 12.8 Å². The summed E-state index contributed by atoms with van der Waals surface area (Å²) < 4.78 is 46.4. The van der Waals surface area contributed by atoms with Crippen LogP contribution in [0.25, 0.3) is 0 Å². The standard InChI is InChI=1S/C23H23FN2O4S/c1-3-30-22-10-5-4-7-18(22)16-26(2)23(27)17-8-6-9-21(15-17)31(28,29)25-20-13-11-19(24)12-14-20/h4-15,25H,3,16H2,1-2H3. The maximum absolute atomic E-state index is 13.1. The van der Waals surface area contributed by atoms with E-state index in [1.807, 2.05) is 31.2 Å². The molecule has 0 radical (unpaired) electrons. The fourth-order valence-electron chi connectivity index (χ4n) is 3.01. The number of hydrogen-bond acceptors (Lipinski definition) is 4. The van der Waals surface area contributed by atoms with Crippen molar-refractivity contribution in [1.82, 2.24) is 4.90 Å². The molecule has 6 nitrogen and oxygen atoms in total. The van der Waals surface area contributed by atoms with Crippen LogP contribution in [0, 0.1) is 5.82 Å². The molecule has 31 heavy (non-hydrogen) atoms. The van der Waals surface area contributed by atoms with Crippen molar-refractivity contribution in [3.05, 3.63) is 89.7 Å². The molecule has 0 aliphatic heterocycles. The summed E-state index contributed by atoms with van der Waals surface area (Å²) in [5, 5.41) is 0. The summed E-state index contributed by atoms with van der Waals surface area (Å²) in [7, 11) is -2.30. The predicted molar refractivity (Wildman–Crippen MR) is 117 cm³/mol. The molecule has 3 aromatic rings. The molecule has 0 aromatic heterocycles. The first-order valence-electron chi connectivity index (χ1n) is 9.65. The number of anilines is 1. The van der Waals surface area contributed by atoms with E-state index in [-0.39, 0.29) is 22.1 Å². The summed E-state index contributed by atoms with van der Waals surface area (Å²) in [6, 6.07) is 18.2. The fraction of sp³-hybridized carbons (Fsp3) is 0.174. The van der Waals surface area contributed by atoms with Gasteiger partial charge in [-0.2, -0.15) is 0 Å². The molecule has 0 spiro atoms. The fourth-order valence-corrected chi connectivity index (χ4v) is 4.11. The quantitative estimate of drug-likeness (QED) is 0.565. The van der Waals surface area contributed by atoms with E-state index in [4.69, 9.17) is 4.74 Å². The van der Waals surface area contributed by atoms with E-state index >= 15 is 0 Å². The van der Waals surface area contributed by atoms with E-state index in [1.54, 1.807) is 13.1 Å². The molecule has 162 valence electrons. The average Bonchev–Trinajstić information content (AvgIpc) is 2.76. The minimum absolute atomic E-state index is 0.0641. The number of halogens is 1. The Labute approximate surface area is 181 Å². The summed E-state index contributed by atoms with van der Waals surface area (Å²) in [6.07, 6.45) is 0. The lowest BCUT2D eigenvalue weighted by Crippen LogP contribution is -2.26. The first kappa shape index (κ1) is 22.3. The number of sulfonamides is 1. The zero-order valence-electron chi connectivity index (χ0n) is 17.2. The minimum Gasteiger partial charge on any atom is -0.494 e. The number of para-hydroxylation sites is 1. The Balaban J connectivity index is 1.78. The Morgan fingerprint density at radius 1 is 1.03 bits per heavy atom. The zero-order valence-corrected chi connectivity index (χ0v) is 18.0. The normalized spacial score (nSPS) is 11.1. The van der Waals surface area contributed by atoms with Crippen LogP contribution in [0.2, 0.25) is 0 Å². The van der Waals surface area contributed by atoms with E-state index < -0.39 is 15.8 Å². The first-order chi connectivity index (χ1) is 14.8. The highest BCUT2D eigenvalue weighted by molar-refractivity contribution is 7.92. The van der Waals surface area contributed by atoms with Gasteiger partial charge in [0.25, 0.3) is 15.9 Å². The zero-order chi connectivity index (χ0) is 22.4. The van der Waals surface area contributed by atoms with Crippen molar-refractivity contribution in [3.8, 4) is 5.75 Å². The van der Waals surface area contributed by atoms with E-state index in [2.05, 4.69) is 4.72 Å². The second-order valence-corrected chi connectivity index (χ2v) is 8.52. The van der Waals surface area contributed by atoms with Gasteiger partial charge in [0.1, 0.15) is 11.6 Å². The minimum atomic E-state index is -3.94. The summed E-state index contributed by atoms with van der Waals surface area (Å²) in [6.45, 7) is 2.70. The maximum atomic E-state index is 13.1. The molecule has 0 bridgehead atoms. The third-order valence-corrected chi connectivity index (χ3v) is 5.89. The van der Waals surface area contributed by atoms with Crippen molar-refractivity contribution in [3.63, 3.8) is 0 Å². The number of nitrogens with one attached hydrogen (secondary N) is 1. The predicted octanol–water partition coefficient (Wildman–Crippen LogP) is 4.30. The van der Waals surface area contributed by atoms with Crippen LogP contribution in [0.4, 0.5) is 10.1 Å². The Morgan fingerprint density at radius 3 is 2.45 bits per heavy atom. The third kappa shape index (κ3) is 5.61. The van der Waals surface area contributed by atoms with Gasteiger partial charge < -0.3 is 9.64 Å². The van der Waals surface area contributed by atoms with Crippen molar-refractivity contribution in [2.45, 2.75) is 18.4 Å². The van der Waals surface area contributed by atoms with Crippen molar-refractivity contribution in [1.29, 1.82) is 0 Å². The van der Waals surface area contributed by atoms with Gasteiger partial charge in [0.2, 0.25) is 0 Å². The Bertz CT molecular complexity index is 1160. The van der Waals surface area contributed by atoms with Crippen LogP contribution < -0.4 is 9.46 Å². The van der Waals surface area contributed by atoms with E-state index in [9.17, 15) is 17.6 Å². The van der Waals surface area contributed by atoms with Crippen molar-refractivity contribution in [2.24, 2.45) is 0 Å². The van der Waals surface area contributed by atoms with Crippen LogP contribution in [0.15, 0.2) is 77.7 Å². The molecule has 1 N–H and O–H groups in total. The molecule has 1 amide bonds. The number of rotatable bonds is 8. The topological polar surface area (TPSA) is 75.7 Å². The van der Waals surface area contributed by atoms with Gasteiger partial charge in [-0.15, -0.1) is 0 Å². The molecule has 3 aromatic carbocycles. The number of carbonyl (C=O) groups excluding carboxylic acids is 1. The third-order valence-electron chi connectivity index (χ3n) is 4.51. The van der Waals surface area contributed by atoms with Gasteiger partial charge in [0, 0.05) is 30.4 Å². The number of amides is 1.